The lowest BCUT2D eigenvalue weighted by molar-refractivity contribution is 0.188. The minimum atomic E-state index is 0.560. The second-order valence-corrected chi connectivity index (χ2v) is 5.15. The summed E-state index contributed by atoms with van der Waals surface area (Å²) in [4.78, 5) is 4.95. The standard InChI is InChI=1S/C15H25N3O/c1-13-12-18(11-10-17(13)9-5-8-16)14-6-3-4-7-15(14)19-2/h3-4,6-7,13H,5,8-12,16H2,1-2H3. The van der Waals surface area contributed by atoms with Gasteiger partial charge in [-0.2, -0.15) is 0 Å². The summed E-state index contributed by atoms with van der Waals surface area (Å²) >= 11 is 0. The van der Waals surface area contributed by atoms with Crippen LogP contribution >= 0.6 is 0 Å². The maximum Gasteiger partial charge on any atom is 0.142 e. The highest BCUT2D eigenvalue weighted by Gasteiger charge is 2.24. The van der Waals surface area contributed by atoms with Crippen LogP contribution < -0.4 is 15.4 Å². The highest BCUT2D eigenvalue weighted by atomic mass is 16.5. The molecule has 1 saturated heterocycles. The zero-order chi connectivity index (χ0) is 13.7. The van der Waals surface area contributed by atoms with Crippen molar-refractivity contribution in [3.05, 3.63) is 24.3 Å². The lowest BCUT2D eigenvalue weighted by Crippen LogP contribution is -2.52. The Hall–Kier alpha value is -1.26. The molecule has 0 radical (unpaired) electrons. The van der Waals surface area contributed by atoms with Crippen LogP contribution in [0.3, 0.4) is 0 Å². The fourth-order valence-electron chi connectivity index (χ4n) is 2.73. The average Bonchev–Trinajstić information content (AvgIpc) is 2.46. The third kappa shape index (κ3) is 3.39. The van der Waals surface area contributed by atoms with E-state index in [4.69, 9.17) is 10.5 Å². The molecule has 19 heavy (non-hydrogen) atoms. The van der Waals surface area contributed by atoms with Crippen LogP contribution in [0.15, 0.2) is 24.3 Å². The third-order valence-corrected chi connectivity index (χ3v) is 3.84. The van der Waals surface area contributed by atoms with Gasteiger partial charge in [-0.1, -0.05) is 12.1 Å². The summed E-state index contributed by atoms with van der Waals surface area (Å²) in [7, 11) is 1.74. The number of nitrogens with zero attached hydrogens (tertiary/aromatic N) is 2. The highest BCUT2D eigenvalue weighted by Crippen LogP contribution is 2.29. The van der Waals surface area contributed by atoms with E-state index in [1.165, 1.54) is 5.69 Å². The zero-order valence-corrected chi connectivity index (χ0v) is 12.0. The van der Waals surface area contributed by atoms with Crippen molar-refractivity contribution in [2.75, 3.05) is 44.7 Å². The number of nitrogens with two attached hydrogens (primary N) is 1. The summed E-state index contributed by atoms with van der Waals surface area (Å²) in [6, 6.07) is 8.82. The molecular formula is C15H25N3O. The Morgan fingerprint density at radius 3 is 2.79 bits per heavy atom. The molecule has 4 nitrogen and oxygen atoms in total. The Bertz CT molecular complexity index is 397. The molecule has 1 fully saturated rings. The minimum Gasteiger partial charge on any atom is -0.495 e. The molecule has 4 heteroatoms. The minimum absolute atomic E-state index is 0.560. The molecule has 1 heterocycles. The topological polar surface area (TPSA) is 41.7 Å². The number of methoxy groups -OCH3 is 1. The molecule has 1 aromatic carbocycles. The van der Waals surface area contributed by atoms with E-state index in [1.807, 2.05) is 12.1 Å². The zero-order valence-electron chi connectivity index (χ0n) is 12.0. The number of hydrogen-bond acceptors (Lipinski definition) is 4. The monoisotopic (exact) mass is 263 g/mol. The van der Waals surface area contributed by atoms with Gasteiger partial charge < -0.3 is 15.4 Å². The Kier molecular flexibility index (Phi) is 5.05. The van der Waals surface area contributed by atoms with E-state index in [-0.39, 0.29) is 0 Å². The molecule has 2 rings (SSSR count). The van der Waals surface area contributed by atoms with Gasteiger partial charge in [0.15, 0.2) is 0 Å². The van der Waals surface area contributed by atoms with Gasteiger partial charge in [-0.3, -0.25) is 4.90 Å². The lowest BCUT2D eigenvalue weighted by Gasteiger charge is -2.41. The van der Waals surface area contributed by atoms with Crippen LogP contribution in [0.25, 0.3) is 0 Å². The molecular weight excluding hydrogens is 238 g/mol. The molecule has 0 saturated carbocycles. The van der Waals surface area contributed by atoms with Gasteiger partial charge in [-0.05, 0) is 38.6 Å². The number of para-hydroxylation sites is 2. The summed E-state index contributed by atoms with van der Waals surface area (Å²) < 4.78 is 5.45. The van der Waals surface area contributed by atoms with E-state index in [0.717, 1.165) is 44.9 Å². The Labute approximate surface area is 116 Å². The summed E-state index contributed by atoms with van der Waals surface area (Å²) in [5.74, 6) is 0.963. The predicted octanol–water partition coefficient (Wildman–Crippen LogP) is 1.55. The molecule has 106 valence electrons. The van der Waals surface area contributed by atoms with Crippen molar-refractivity contribution < 1.29 is 4.74 Å². The summed E-state index contributed by atoms with van der Waals surface area (Å²) in [6.07, 6.45) is 1.08. The number of rotatable bonds is 5. The van der Waals surface area contributed by atoms with Crippen molar-refractivity contribution in [3.63, 3.8) is 0 Å². The highest BCUT2D eigenvalue weighted by molar-refractivity contribution is 5.58. The van der Waals surface area contributed by atoms with Gasteiger partial charge in [-0.25, -0.2) is 0 Å². The van der Waals surface area contributed by atoms with Crippen LogP contribution in [0.2, 0.25) is 0 Å². The Balaban J connectivity index is 2.01. The molecule has 0 spiro atoms. The van der Waals surface area contributed by atoms with Gasteiger partial charge in [0.2, 0.25) is 0 Å². The summed E-state index contributed by atoms with van der Waals surface area (Å²) in [5, 5.41) is 0. The predicted molar refractivity (Wildman–Crippen MR) is 79.9 cm³/mol. The maximum absolute atomic E-state index is 5.59. The van der Waals surface area contributed by atoms with E-state index in [0.29, 0.717) is 6.04 Å². The first kappa shape index (κ1) is 14.2. The van der Waals surface area contributed by atoms with Crippen LogP contribution in [0.4, 0.5) is 5.69 Å². The number of hydrogen-bond donors (Lipinski definition) is 1. The first-order valence-electron chi connectivity index (χ1n) is 7.08. The van der Waals surface area contributed by atoms with Crippen molar-refractivity contribution >= 4 is 5.69 Å². The third-order valence-electron chi connectivity index (χ3n) is 3.84. The molecule has 0 bridgehead atoms. The van der Waals surface area contributed by atoms with Crippen LogP contribution in [-0.2, 0) is 0 Å². The van der Waals surface area contributed by atoms with E-state index >= 15 is 0 Å². The smallest absolute Gasteiger partial charge is 0.142 e. The van der Waals surface area contributed by atoms with Gasteiger partial charge in [0.05, 0.1) is 12.8 Å². The average molecular weight is 263 g/mol. The van der Waals surface area contributed by atoms with Crippen molar-refractivity contribution in [3.8, 4) is 5.75 Å². The summed E-state index contributed by atoms with van der Waals surface area (Å²) in [5.41, 5.74) is 6.80. The summed E-state index contributed by atoms with van der Waals surface area (Å²) in [6.45, 7) is 7.37. The Morgan fingerprint density at radius 2 is 2.11 bits per heavy atom. The normalized spacial score (nSPS) is 20.6. The molecule has 1 atom stereocenters. The van der Waals surface area contributed by atoms with Gasteiger partial charge in [-0.15, -0.1) is 0 Å². The number of benzene rings is 1. The quantitative estimate of drug-likeness (QED) is 0.875. The van der Waals surface area contributed by atoms with Crippen LogP contribution in [0.5, 0.6) is 5.75 Å². The Morgan fingerprint density at radius 1 is 1.32 bits per heavy atom. The molecule has 0 aliphatic carbocycles. The van der Waals surface area contributed by atoms with Crippen LogP contribution in [-0.4, -0.2) is 50.8 Å². The molecule has 1 aliphatic heterocycles. The second-order valence-electron chi connectivity index (χ2n) is 5.15. The lowest BCUT2D eigenvalue weighted by atomic mass is 10.1. The maximum atomic E-state index is 5.59. The first-order valence-corrected chi connectivity index (χ1v) is 7.08. The van der Waals surface area contributed by atoms with Gasteiger partial charge in [0.1, 0.15) is 5.75 Å². The molecule has 2 N–H and O–H groups in total. The van der Waals surface area contributed by atoms with Crippen molar-refractivity contribution in [2.24, 2.45) is 5.73 Å². The van der Waals surface area contributed by atoms with E-state index in [9.17, 15) is 0 Å². The second kappa shape index (κ2) is 6.78. The number of anilines is 1. The molecule has 1 aromatic rings. The first-order chi connectivity index (χ1) is 9.26. The molecule has 0 aromatic heterocycles. The largest absolute Gasteiger partial charge is 0.495 e. The van der Waals surface area contributed by atoms with Crippen molar-refractivity contribution in [1.29, 1.82) is 0 Å². The fraction of sp³-hybridized carbons (Fsp3) is 0.600. The van der Waals surface area contributed by atoms with Gasteiger partial charge in [0.25, 0.3) is 0 Å². The van der Waals surface area contributed by atoms with Gasteiger partial charge in [0, 0.05) is 25.7 Å². The number of piperazine rings is 1. The van der Waals surface area contributed by atoms with Crippen molar-refractivity contribution in [2.45, 2.75) is 19.4 Å². The van der Waals surface area contributed by atoms with Crippen LogP contribution in [0.1, 0.15) is 13.3 Å². The molecule has 1 unspecified atom stereocenters. The molecule has 1 aliphatic rings. The SMILES string of the molecule is COc1ccccc1N1CCN(CCCN)C(C)C1. The van der Waals surface area contributed by atoms with E-state index in [1.54, 1.807) is 7.11 Å². The van der Waals surface area contributed by atoms with Crippen LogP contribution in [0, 0.1) is 0 Å². The number of ether oxygens (including phenoxy) is 1. The fourth-order valence-corrected chi connectivity index (χ4v) is 2.73. The van der Waals surface area contributed by atoms with Gasteiger partial charge >= 0.3 is 0 Å². The van der Waals surface area contributed by atoms with Crippen molar-refractivity contribution in [1.82, 2.24) is 4.90 Å². The molecule has 0 amide bonds. The van der Waals surface area contributed by atoms with E-state index < -0.39 is 0 Å². The van der Waals surface area contributed by atoms with E-state index in [2.05, 4.69) is 28.9 Å².